The summed E-state index contributed by atoms with van der Waals surface area (Å²) < 4.78 is 67.3. The molecule has 0 spiro atoms. The Morgan fingerprint density at radius 3 is 2.04 bits per heavy atom. The fourth-order valence-electron chi connectivity index (χ4n) is 2.75. The SMILES string of the molecule is Cc1ccccc1N1C(=O)NC(Cc2c(F)c(F)c(F)c(F)c2F)C1=O. The number of rotatable bonds is 3. The lowest BCUT2D eigenvalue weighted by molar-refractivity contribution is -0.118. The van der Waals surface area contributed by atoms with E-state index < -0.39 is 59.1 Å². The highest BCUT2D eigenvalue weighted by Gasteiger charge is 2.41. The molecule has 0 aliphatic carbocycles. The Morgan fingerprint density at radius 2 is 1.46 bits per heavy atom. The molecule has 1 aliphatic rings. The molecule has 9 heteroatoms. The Balaban J connectivity index is 1.95. The first-order valence-corrected chi connectivity index (χ1v) is 7.44. The van der Waals surface area contributed by atoms with Crippen LogP contribution in [0.4, 0.5) is 32.4 Å². The lowest BCUT2D eigenvalue weighted by atomic mass is 10.0. The molecule has 0 aromatic heterocycles. The number of nitrogens with zero attached hydrogens (tertiary/aromatic N) is 1. The van der Waals surface area contributed by atoms with Crippen molar-refractivity contribution in [3.63, 3.8) is 0 Å². The van der Waals surface area contributed by atoms with Crippen LogP contribution in [0, 0.1) is 36.0 Å². The molecule has 4 nitrogen and oxygen atoms in total. The smallest absolute Gasteiger partial charge is 0.325 e. The second-order valence-corrected chi connectivity index (χ2v) is 5.71. The van der Waals surface area contributed by atoms with Gasteiger partial charge in [-0.25, -0.2) is 31.6 Å². The minimum atomic E-state index is -2.29. The minimum absolute atomic E-state index is 0.259. The van der Waals surface area contributed by atoms with Gasteiger partial charge in [0.25, 0.3) is 5.91 Å². The molecule has 1 atom stereocenters. The van der Waals surface area contributed by atoms with Crippen molar-refractivity contribution in [1.82, 2.24) is 5.32 Å². The van der Waals surface area contributed by atoms with Crippen molar-refractivity contribution in [1.29, 1.82) is 0 Å². The van der Waals surface area contributed by atoms with E-state index in [0.717, 1.165) is 4.90 Å². The van der Waals surface area contributed by atoms with E-state index in [0.29, 0.717) is 5.56 Å². The Kier molecular flexibility index (Phi) is 4.39. The highest BCUT2D eigenvalue weighted by atomic mass is 19.2. The van der Waals surface area contributed by atoms with Gasteiger partial charge in [0.1, 0.15) is 6.04 Å². The predicted octanol–water partition coefficient (Wildman–Crippen LogP) is 3.36. The molecule has 1 fully saturated rings. The van der Waals surface area contributed by atoms with Crippen LogP contribution >= 0.6 is 0 Å². The minimum Gasteiger partial charge on any atom is -0.325 e. The molecule has 2 aromatic rings. The number of hydrogen-bond acceptors (Lipinski definition) is 2. The lowest BCUT2D eigenvalue weighted by Crippen LogP contribution is -2.33. The van der Waals surface area contributed by atoms with Crippen LogP contribution in [0.15, 0.2) is 24.3 Å². The van der Waals surface area contributed by atoms with Crippen LogP contribution in [0.2, 0.25) is 0 Å². The zero-order valence-electron chi connectivity index (χ0n) is 13.2. The van der Waals surface area contributed by atoms with Gasteiger partial charge in [-0.15, -0.1) is 0 Å². The lowest BCUT2D eigenvalue weighted by Gasteiger charge is -2.15. The van der Waals surface area contributed by atoms with Crippen LogP contribution in [-0.2, 0) is 11.2 Å². The molecular weight excluding hydrogens is 359 g/mol. The van der Waals surface area contributed by atoms with Gasteiger partial charge >= 0.3 is 6.03 Å². The Bertz CT molecular complexity index is 903. The topological polar surface area (TPSA) is 49.4 Å². The van der Waals surface area contributed by atoms with Crippen molar-refractivity contribution in [3.05, 3.63) is 64.5 Å². The summed E-state index contributed by atoms with van der Waals surface area (Å²) >= 11 is 0. The molecule has 3 amide bonds. The normalized spacial score (nSPS) is 17.0. The summed E-state index contributed by atoms with van der Waals surface area (Å²) in [5.41, 5.74) is -0.311. The molecule has 0 saturated carbocycles. The summed E-state index contributed by atoms with van der Waals surface area (Å²) in [4.78, 5) is 25.3. The zero-order chi connectivity index (χ0) is 19.2. The first-order chi connectivity index (χ1) is 12.2. The number of anilines is 1. The van der Waals surface area contributed by atoms with Crippen LogP contribution in [0.1, 0.15) is 11.1 Å². The zero-order valence-corrected chi connectivity index (χ0v) is 13.2. The Labute approximate surface area is 144 Å². The summed E-state index contributed by atoms with van der Waals surface area (Å²) in [5.74, 6) is -11.4. The third-order valence-electron chi connectivity index (χ3n) is 4.08. The van der Waals surface area contributed by atoms with Gasteiger partial charge in [0, 0.05) is 12.0 Å². The van der Waals surface area contributed by atoms with Gasteiger partial charge in [0.05, 0.1) is 5.69 Å². The van der Waals surface area contributed by atoms with Gasteiger partial charge in [0.2, 0.25) is 5.82 Å². The number of hydrogen-bond donors (Lipinski definition) is 1. The van der Waals surface area contributed by atoms with Crippen molar-refractivity contribution < 1.29 is 31.5 Å². The number of carbonyl (C=O) groups is 2. The average Bonchev–Trinajstić information content (AvgIpc) is 2.89. The first-order valence-electron chi connectivity index (χ1n) is 7.44. The molecule has 1 unspecified atom stereocenters. The van der Waals surface area contributed by atoms with Crippen LogP contribution in [-0.4, -0.2) is 18.0 Å². The summed E-state index contributed by atoms with van der Waals surface area (Å²) in [6.07, 6.45) is -0.876. The number of imide groups is 1. The maximum atomic E-state index is 13.8. The van der Waals surface area contributed by atoms with Gasteiger partial charge in [0.15, 0.2) is 23.3 Å². The molecule has 3 rings (SSSR count). The second-order valence-electron chi connectivity index (χ2n) is 5.71. The summed E-state index contributed by atoms with van der Waals surface area (Å²) in [5, 5.41) is 2.20. The predicted molar refractivity (Wildman–Crippen MR) is 80.9 cm³/mol. The van der Waals surface area contributed by atoms with E-state index in [1.165, 1.54) is 6.07 Å². The number of benzene rings is 2. The fourth-order valence-corrected chi connectivity index (χ4v) is 2.75. The Hall–Kier alpha value is -2.97. The van der Waals surface area contributed by atoms with Crippen molar-refractivity contribution in [2.75, 3.05) is 4.90 Å². The molecule has 1 N–H and O–H groups in total. The standard InChI is InChI=1S/C17H11F5N2O2/c1-7-4-2-3-5-10(7)24-16(25)9(23-17(24)26)6-8-11(18)13(20)15(22)14(21)12(8)19/h2-5,9H,6H2,1H3,(H,23,26). The van der Waals surface area contributed by atoms with Crippen molar-refractivity contribution in [2.24, 2.45) is 0 Å². The molecular formula is C17H11F5N2O2. The van der Waals surface area contributed by atoms with Gasteiger partial charge in [-0.05, 0) is 18.6 Å². The van der Waals surface area contributed by atoms with E-state index in [4.69, 9.17) is 0 Å². The monoisotopic (exact) mass is 370 g/mol. The van der Waals surface area contributed by atoms with Crippen LogP contribution in [0.25, 0.3) is 0 Å². The summed E-state index contributed by atoms with van der Waals surface area (Å²) in [6.45, 7) is 1.65. The molecule has 0 radical (unpaired) electrons. The molecule has 26 heavy (non-hydrogen) atoms. The highest BCUT2D eigenvalue weighted by Crippen LogP contribution is 2.27. The van der Waals surface area contributed by atoms with Crippen LogP contribution in [0.5, 0.6) is 0 Å². The van der Waals surface area contributed by atoms with Gasteiger partial charge in [-0.3, -0.25) is 4.79 Å². The van der Waals surface area contributed by atoms with E-state index in [9.17, 15) is 31.5 Å². The van der Waals surface area contributed by atoms with Crippen molar-refractivity contribution in [3.8, 4) is 0 Å². The molecule has 1 aliphatic heterocycles. The van der Waals surface area contributed by atoms with E-state index in [2.05, 4.69) is 5.32 Å². The number of nitrogens with one attached hydrogen (secondary N) is 1. The largest absolute Gasteiger partial charge is 0.329 e. The van der Waals surface area contributed by atoms with E-state index in [1.807, 2.05) is 0 Å². The molecule has 0 bridgehead atoms. The van der Waals surface area contributed by atoms with E-state index >= 15 is 0 Å². The number of carbonyl (C=O) groups excluding carboxylic acids is 2. The third kappa shape index (κ3) is 2.69. The maximum absolute atomic E-state index is 13.8. The highest BCUT2D eigenvalue weighted by molar-refractivity contribution is 6.21. The number of amides is 3. The average molecular weight is 370 g/mol. The quantitative estimate of drug-likeness (QED) is 0.390. The summed E-state index contributed by atoms with van der Waals surface area (Å²) in [7, 11) is 0. The number of para-hydroxylation sites is 1. The van der Waals surface area contributed by atoms with Crippen LogP contribution in [0.3, 0.4) is 0 Å². The second kappa shape index (κ2) is 6.40. The van der Waals surface area contributed by atoms with Gasteiger partial charge in [-0.2, -0.15) is 0 Å². The Morgan fingerprint density at radius 1 is 0.923 bits per heavy atom. The van der Waals surface area contributed by atoms with E-state index in [1.54, 1.807) is 25.1 Å². The van der Waals surface area contributed by atoms with Gasteiger partial charge < -0.3 is 5.32 Å². The molecule has 1 saturated heterocycles. The fraction of sp³-hybridized carbons (Fsp3) is 0.176. The van der Waals surface area contributed by atoms with Crippen molar-refractivity contribution in [2.45, 2.75) is 19.4 Å². The van der Waals surface area contributed by atoms with Crippen molar-refractivity contribution >= 4 is 17.6 Å². The third-order valence-corrected chi connectivity index (χ3v) is 4.08. The van der Waals surface area contributed by atoms with E-state index in [-0.39, 0.29) is 5.69 Å². The molecule has 1 heterocycles. The number of halogens is 5. The molecule has 2 aromatic carbocycles. The number of aryl methyl sites for hydroxylation is 1. The van der Waals surface area contributed by atoms with Gasteiger partial charge in [-0.1, -0.05) is 18.2 Å². The first kappa shape index (κ1) is 17.8. The maximum Gasteiger partial charge on any atom is 0.329 e. The van der Waals surface area contributed by atoms with Crippen LogP contribution < -0.4 is 10.2 Å². The molecule has 136 valence electrons. The number of urea groups is 1. The summed E-state index contributed by atoms with van der Waals surface area (Å²) in [6, 6.07) is 4.10.